The normalized spacial score (nSPS) is 15.1. The number of piperidine rings is 1. The van der Waals surface area contributed by atoms with Gasteiger partial charge >= 0.3 is 0 Å². The first-order valence-corrected chi connectivity index (χ1v) is 7.72. The summed E-state index contributed by atoms with van der Waals surface area (Å²) in [5.74, 6) is 1.11. The topological polar surface area (TPSA) is 105 Å². The molecule has 2 N–H and O–H groups in total. The number of nitrogens with zero attached hydrogens (tertiary/aromatic N) is 3. The number of carbonyl (C=O) groups is 1. The van der Waals surface area contributed by atoms with E-state index in [1.165, 1.54) is 0 Å². The molecule has 2 aromatic rings. The molecule has 2 heterocycles. The van der Waals surface area contributed by atoms with E-state index in [9.17, 15) is 10.1 Å². The summed E-state index contributed by atoms with van der Waals surface area (Å²) in [5, 5.41) is 9.35. The minimum absolute atomic E-state index is 0.118. The zero-order valence-corrected chi connectivity index (χ0v) is 13.4. The standard InChI is InChI=1S/C17H18N4O3/c1-23-13-4-2-3-12(9-13)16-20-14(10-18)17(24-16)21-7-5-11(6-8-21)15(19)22/h2-4,9,11H,5-8H2,1H3,(H2,19,22). The zero-order valence-electron chi connectivity index (χ0n) is 13.4. The molecule has 3 rings (SSSR count). The van der Waals surface area contributed by atoms with Crippen LogP contribution in [0.3, 0.4) is 0 Å². The Labute approximate surface area is 139 Å². The summed E-state index contributed by atoms with van der Waals surface area (Å²) in [4.78, 5) is 17.5. The molecular weight excluding hydrogens is 308 g/mol. The van der Waals surface area contributed by atoms with E-state index >= 15 is 0 Å². The molecule has 7 nitrogen and oxygen atoms in total. The van der Waals surface area contributed by atoms with Crippen LogP contribution < -0.4 is 15.4 Å². The number of aromatic nitrogens is 1. The number of oxazole rings is 1. The highest BCUT2D eigenvalue weighted by Gasteiger charge is 2.27. The van der Waals surface area contributed by atoms with Crippen molar-refractivity contribution in [2.24, 2.45) is 11.7 Å². The molecule has 0 aliphatic carbocycles. The van der Waals surface area contributed by atoms with Crippen LogP contribution in [-0.2, 0) is 4.79 Å². The van der Waals surface area contributed by atoms with Gasteiger partial charge in [0.05, 0.1) is 7.11 Å². The molecule has 1 fully saturated rings. The number of methoxy groups -OCH3 is 1. The molecule has 124 valence electrons. The summed E-state index contributed by atoms with van der Waals surface area (Å²) in [6, 6.07) is 9.39. The Hall–Kier alpha value is -3.01. The number of nitriles is 1. The summed E-state index contributed by atoms with van der Waals surface area (Å²) in [7, 11) is 1.59. The van der Waals surface area contributed by atoms with Gasteiger partial charge in [0, 0.05) is 24.6 Å². The van der Waals surface area contributed by atoms with Crippen molar-refractivity contribution in [3.05, 3.63) is 30.0 Å². The Morgan fingerprint density at radius 1 is 1.46 bits per heavy atom. The second-order valence-corrected chi connectivity index (χ2v) is 5.68. The fourth-order valence-corrected chi connectivity index (χ4v) is 2.85. The van der Waals surface area contributed by atoms with E-state index in [1.54, 1.807) is 13.2 Å². The third kappa shape index (κ3) is 3.04. The second-order valence-electron chi connectivity index (χ2n) is 5.68. The average Bonchev–Trinajstić information content (AvgIpc) is 3.06. The number of amides is 1. The van der Waals surface area contributed by atoms with Crippen molar-refractivity contribution in [2.75, 3.05) is 25.1 Å². The summed E-state index contributed by atoms with van der Waals surface area (Å²) in [6.45, 7) is 1.21. The van der Waals surface area contributed by atoms with Crippen molar-refractivity contribution < 1.29 is 13.9 Å². The van der Waals surface area contributed by atoms with Crippen molar-refractivity contribution in [1.29, 1.82) is 5.26 Å². The molecular formula is C17H18N4O3. The highest BCUT2D eigenvalue weighted by Crippen LogP contribution is 2.32. The molecule has 1 amide bonds. The fourth-order valence-electron chi connectivity index (χ4n) is 2.85. The van der Waals surface area contributed by atoms with Crippen molar-refractivity contribution in [1.82, 2.24) is 4.98 Å². The Bertz CT molecular complexity index is 785. The molecule has 7 heteroatoms. The van der Waals surface area contributed by atoms with Crippen molar-refractivity contribution in [3.63, 3.8) is 0 Å². The monoisotopic (exact) mass is 326 g/mol. The minimum atomic E-state index is -0.273. The zero-order chi connectivity index (χ0) is 17.1. The average molecular weight is 326 g/mol. The Morgan fingerprint density at radius 2 is 2.21 bits per heavy atom. The van der Waals surface area contributed by atoms with Crippen LogP contribution in [0.25, 0.3) is 11.5 Å². The molecule has 0 spiro atoms. The number of nitrogens with two attached hydrogens (primary N) is 1. The second kappa shape index (κ2) is 6.62. The van der Waals surface area contributed by atoms with Crippen LogP contribution in [0.2, 0.25) is 0 Å². The van der Waals surface area contributed by atoms with E-state index in [2.05, 4.69) is 11.1 Å². The Balaban J connectivity index is 1.86. The first-order chi connectivity index (χ1) is 11.6. The Kier molecular flexibility index (Phi) is 4.38. The van der Waals surface area contributed by atoms with Gasteiger partial charge in [0.15, 0.2) is 0 Å². The van der Waals surface area contributed by atoms with Gasteiger partial charge < -0.3 is 19.8 Å². The van der Waals surface area contributed by atoms with Crippen LogP contribution in [0.4, 0.5) is 5.88 Å². The lowest BCUT2D eigenvalue weighted by atomic mass is 9.96. The van der Waals surface area contributed by atoms with E-state index < -0.39 is 0 Å². The molecule has 1 aromatic heterocycles. The van der Waals surface area contributed by atoms with Gasteiger partial charge in [-0.15, -0.1) is 0 Å². The maximum atomic E-state index is 11.3. The fraction of sp³-hybridized carbons (Fsp3) is 0.353. The van der Waals surface area contributed by atoms with Crippen LogP contribution in [0.5, 0.6) is 5.75 Å². The minimum Gasteiger partial charge on any atom is -0.497 e. The number of benzene rings is 1. The number of anilines is 1. The Morgan fingerprint density at radius 3 is 2.83 bits per heavy atom. The van der Waals surface area contributed by atoms with Crippen LogP contribution in [0.15, 0.2) is 28.7 Å². The molecule has 0 saturated carbocycles. The lowest BCUT2D eigenvalue weighted by molar-refractivity contribution is -0.122. The lowest BCUT2D eigenvalue weighted by Gasteiger charge is -2.30. The third-order valence-corrected chi connectivity index (χ3v) is 4.22. The van der Waals surface area contributed by atoms with Gasteiger partial charge in [0.25, 0.3) is 0 Å². The van der Waals surface area contributed by atoms with Gasteiger partial charge in [-0.3, -0.25) is 4.79 Å². The largest absolute Gasteiger partial charge is 0.497 e. The molecule has 1 aliphatic rings. The van der Waals surface area contributed by atoms with Gasteiger partial charge in [-0.05, 0) is 31.0 Å². The number of hydrogen-bond acceptors (Lipinski definition) is 6. The predicted octanol–water partition coefficient (Wildman–Crippen LogP) is 1.92. The van der Waals surface area contributed by atoms with Gasteiger partial charge in [-0.25, -0.2) is 0 Å². The molecule has 24 heavy (non-hydrogen) atoms. The summed E-state index contributed by atoms with van der Waals surface area (Å²) < 4.78 is 11.0. The smallest absolute Gasteiger partial charge is 0.235 e. The molecule has 0 atom stereocenters. The van der Waals surface area contributed by atoms with Crippen molar-refractivity contribution >= 4 is 11.8 Å². The van der Waals surface area contributed by atoms with Gasteiger partial charge in [-0.1, -0.05) is 6.07 Å². The predicted molar refractivity (Wildman–Crippen MR) is 87.3 cm³/mol. The molecule has 0 unspecified atom stereocenters. The first kappa shape index (κ1) is 15.9. The molecule has 0 bridgehead atoms. The van der Waals surface area contributed by atoms with Crippen LogP contribution in [-0.4, -0.2) is 31.1 Å². The summed E-state index contributed by atoms with van der Waals surface area (Å²) in [6.07, 6.45) is 1.30. The summed E-state index contributed by atoms with van der Waals surface area (Å²) >= 11 is 0. The number of primary amides is 1. The van der Waals surface area contributed by atoms with Crippen LogP contribution in [0, 0.1) is 17.2 Å². The van der Waals surface area contributed by atoms with Gasteiger partial charge in [0.1, 0.15) is 11.8 Å². The first-order valence-electron chi connectivity index (χ1n) is 7.72. The van der Waals surface area contributed by atoms with E-state index in [0.717, 1.165) is 5.56 Å². The van der Waals surface area contributed by atoms with E-state index in [-0.39, 0.29) is 17.5 Å². The molecule has 1 aliphatic heterocycles. The number of ether oxygens (including phenoxy) is 1. The van der Waals surface area contributed by atoms with E-state index in [4.69, 9.17) is 14.9 Å². The number of carbonyl (C=O) groups excluding carboxylic acids is 1. The molecule has 1 saturated heterocycles. The highest BCUT2D eigenvalue weighted by molar-refractivity contribution is 5.77. The van der Waals surface area contributed by atoms with E-state index in [1.807, 2.05) is 23.1 Å². The SMILES string of the molecule is COc1cccc(-c2nc(C#N)c(N3CCC(C(N)=O)CC3)o2)c1. The maximum Gasteiger partial charge on any atom is 0.235 e. The van der Waals surface area contributed by atoms with Crippen molar-refractivity contribution in [2.45, 2.75) is 12.8 Å². The highest BCUT2D eigenvalue weighted by atomic mass is 16.5. The maximum absolute atomic E-state index is 11.3. The number of rotatable bonds is 4. The van der Waals surface area contributed by atoms with Crippen LogP contribution in [0.1, 0.15) is 18.5 Å². The van der Waals surface area contributed by atoms with E-state index in [0.29, 0.717) is 43.5 Å². The number of hydrogen-bond donors (Lipinski definition) is 1. The quantitative estimate of drug-likeness (QED) is 0.920. The van der Waals surface area contributed by atoms with Gasteiger partial charge in [-0.2, -0.15) is 10.2 Å². The van der Waals surface area contributed by atoms with Crippen LogP contribution >= 0.6 is 0 Å². The third-order valence-electron chi connectivity index (χ3n) is 4.22. The lowest BCUT2D eigenvalue weighted by Crippen LogP contribution is -2.38. The molecule has 0 radical (unpaired) electrons. The van der Waals surface area contributed by atoms with Gasteiger partial charge in [0.2, 0.25) is 23.4 Å². The molecule has 1 aromatic carbocycles. The summed E-state index contributed by atoms with van der Waals surface area (Å²) in [5.41, 5.74) is 6.34. The van der Waals surface area contributed by atoms with Crippen molar-refractivity contribution in [3.8, 4) is 23.3 Å².